The highest BCUT2D eigenvalue weighted by Crippen LogP contribution is 2.38. The van der Waals surface area contributed by atoms with Crippen LogP contribution < -0.4 is 19.6 Å². The summed E-state index contributed by atoms with van der Waals surface area (Å²) in [6.07, 6.45) is -0.294. The van der Waals surface area contributed by atoms with Gasteiger partial charge in [-0.1, -0.05) is 13.1 Å². The summed E-state index contributed by atoms with van der Waals surface area (Å²) in [7, 11) is -1.59. The first-order chi connectivity index (χ1) is 10.2. The molecule has 5 nitrogen and oxygen atoms in total. The average molecular weight is 321 g/mol. The average Bonchev–Trinajstić information content (AvgIpc) is 2.82. The van der Waals surface area contributed by atoms with Gasteiger partial charge in [0, 0.05) is 12.6 Å². The van der Waals surface area contributed by atoms with Crippen LogP contribution in [0.15, 0.2) is 12.1 Å². The van der Waals surface area contributed by atoms with Crippen molar-refractivity contribution in [1.82, 2.24) is 0 Å². The number of rotatable bonds is 0. The molecule has 0 bridgehead atoms. The van der Waals surface area contributed by atoms with E-state index in [4.69, 9.17) is 14.2 Å². The molecular formula is C16H23NO4Si. The molecule has 0 spiro atoms. The molecule has 0 unspecified atom stereocenters. The highest BCUT2D eigenvalue weighted by Gasteiger charge is 2.38. The summed E-state index contributed by atoms with van der Waals surface area (Å²) in [5, 5.41) is 1.23. The van der Waals surface area contributed by atoms with Gasteiger partial charge < -0.3 is 14.2 Å². The fourth-order valence-electron chi connectivity index (χ4n) is 2.85. The topological polar surface area (TPSA) is 48.0 Å². The van der Waals surface area contributed by atoms with E-state index in [1.54, 1.807) is 4.90 Å². The van der Waals surface area contributed by atoms with Crippen molar-refractivity contribution in [2.75, 3.05) is 18.2 Å². The van der Waals surface area contributed by atoms with Crippen molar-refractivity contribution < 1.29 is 19.0 Å². The van der Waals surface area contributed by atoms with E-state index in [-0.39, 0.29) is 12.9 Å². The third kappa shape index (κ3) is 2.67. The van der Waals surface area contributed by atoms with Gasteiger partial charge in [-0.25, -0.2) is 4.79 Å². The minimum atomic E-state index is -1.59. The molecule has 1 amide bonds. The molecule has 120 valence electrons. The van der Waals surface area contributed by atoms with Crippen molar-refractivity contribution in [3.8, 4) is 11.5 Å². The number of nitrogens with zero attached hydrogens (tertiary/aromatic N) is 1. The fraction of sp³-hybridized carbons (Fsp3) is 0.562. The molecule has 0 saturated heterocycles. The maximum absolute atomic E-state index is 12.5. The van der Waals surface area contributed by atoms with Crippen LogP contribution in [0.1, 0.15) is 20.8 Å². The van der Waals surface area contributed by atoms with Gasteiger partial charge >= 0.3 is 6.09 Å². The van der Waals surface area contributed by atoms with Crippen molar-refractivity contribution in [1.29, 1.82) is 0 Å². The standard InChI is InChI=1S/C16H23NO4Si/c1-16(2,3)21-15(18)17-6-7-22(4,5)14-9-13-12(8-11(14)17)19-10-20-13/h8-9H,6-7,10H2,1-5H3. The quantitative estimate of drug-likeness (QED) is 0.689. The van der Waals surface area contributed by atoms with E-state index in [9.17, 15) is 4.79 Å². The second-order valence-corrected chi connectivity index (χ2v) is 12.3. The smallest absolute Gasteiger partial charge is 0.414 e. The van der Waals surface area contributed by atoms with Gasteiger partial charge in [0.15, 0.2) is 11.5 Å². The molecule has 2 aliphatic heterocycles. The molecule has 0 aliphatic carbocycles. The Morgan fingerprint density at radius 2 is 1.86 bits per heavy atom. The molecule has 2 aliphatic rings. The first kappa shape index (κ1) is 15.2. The van der Waals surface area contributed by atoms with Crippen molar-refractivity contribution in [2.45, 2.75) is 45.5 Å². The number of hydrogen-bond donors (Lipinski definition) is 0. The minimum Gasteiger partial charge on any atom is -0.454 e. The van der Waals surface area contributed by atoms with E-state index in [0.717, 1.165) is 17.5 Å². The van der Waals surface area contributed by atoms with Crippen LogP contribution in [0.4, 0.5) is 10.5 Å². The van der Waals surface area contributed by atoms with Crippen LogP contribution in [-0.2, 0) is 4.74 Å². The molecule has 0 saturated carbocycles. The first-order valence-corrected chi connectivity index (χ1v) is 10.8. The summed E-state index contributed by atoms with van der Waals surface area (Å²) < 4.78 is 16.5. The van der Waals surface area contributed by atoms with Crippen molar-refractivity contribution in [3.63, 3.8) is 0 Å². The van der Waals surface area contributed by atoms with E-state index in [0.29, 0.717) is 12.3 Å². The zero-order chi connectivity index (χ0) is 16.1. The van der Waals surface area contributed by atoms with Crippen LogP contribution in [-0.4, -0.2) is 33.1 Å². The Balaban J connectivity index is 2.02. The second kappa shape index (κ2) is 4.91. The maximum atomic E-state index is 12.5. The van der Waals surface area contributed by atoms with Gasteiger partial charge in [0.05, 0.1) is 13.8 Å². The fourth-order valence-corrected chi connectivity index (χ4v) is 5.32. The Bertz CT molecular complexity index is 621. The second-order valence-electron chi connectivity index (χ2n) is 7.49. The minimum absolute atomic E-state index is 0.243. The summed E-state index contributed by atoms with van der Waals surface area (Å²) >= 11 is 0. The Labute approximate surface area is 132 Å². The number of amides is 1. The lowest BCUT2D eigenvalue weighted by atomic mass is 10.2. The number of ether oxygens (including phenoxy) is 3. The lowest BCUT2D eigenvalue weighted by molar-refractivity contribution is 0.0582. The van der Waals surface area contributed by atoms with Crippen LogP contribution in [0.5, 0.6) is 11.5 Å². The van der Waals surface area contributed by atoms with Crippen LogP contribution in [0.25, 0.3) is 0 Å². The number of fused-ring (bicyclic) bond motifs is 2. The Morgan fingerprint density at radius 1 is 1.23 bits per heavy atom. The third-order valence-corrected chi connectivity index (χ3v) is 7.42. The zero-order valence-corrected chi connectivity index (χ0v) is 14.9. The number of benzene rings is 1. The zero-order valence-electron chi connectivity index (χ0n) is 13.9. The monoisotopic (exact) mass is 321 g/mol. The van der Waals surface area contributed by atoms with Crippen LogP contribution in [0.3, 0.4) is 0 Å². The molecule has 1 aromatic rings. The number of anilines is 1. The predicted octanol–water partition coefficient (Wildman–Crippen LogP) is 3.09. The molecule has 0 aromatic heterocycles. The summed E-state index contributed by atoms with van der Waals surface area (Å²) in [5.41, 5.74) is 0.416. The maximum Gasteiger partial charge on any atom is 0.414 e. The van der Waals surface area contributed by atoms with Gasteiger partial charge in [0.1, 0.15) is 5.60 Å². The molecule has 0 N–H and O–H groups in total. The first-order valence-electron chi connectivity index (χ1n) is 7.62. The Morgan fingerprint density at radius 3 is 2.50 bits per heavy atom. The van der Waals surface area contributed by atoms with Crippen LogP contribution in [0.2, 0.25) is 19.1 Å². The highest BCUT2D eigenvalue weighted by molar-refractivity contribution is 6.91. The Kier molecular flexibility index (Phi) is 3.39. The van der Waals surface area contributed by atoms with E-state index in [2.05, 4.69) is 19.2 Å². The van der Waals surface area contributed by atoms with Crippen molar-refractivity contribution >= 4 is 25.0 Å². The number of hydrogen-bond acceptors (Lipinski definition) is 4. The molecule has 0 atom stereocenters. The predicted molar refractivity (Wildman–Crippen MR) is 88.1 cm³/mol. The third-order valence-electron chi connectivity index (χ3n) is 4.09. The highest BCUT2D eigenvalue weighted by atomic mass is 28.3. The van der Waals surface area contributed by atoms with Crippen molar-refractivity contribution in [2.24, 2.45) is 0 Å². The van der Waals surface area contributed by atoms with Crippen LogP contribution in [0, 0.1) is 0 Å². The molecule has 0 fully saturated rings. The van der Waals surface area contributed by atoms with E-state index in [1.807, 2.05) is 26.8 Å². The Hall–Kier alpha value is -1.69. The molecule has 6 heteroatoms. The summed E-state index contributed by atoms with van der Waals surface area (Å²) in [5.74, 6) is 1.49. The number of carbonyl (C=O) groups is 1. The van der Waals surface area contributed by atoms with Crippen molar-refractivity contribution in [3.05, 3.63) is 12.1 Å². The summed E-state index contributed by atoms with van der Waals surface area (Å²) in [4.78, 5) is 14.3. The molecule has 22 heavy (non-hydrogen) atoms. The largest absolute Gasteiger partial charge is 0.454 e. The van der Waals surface area contributed by atoms with Crippen LogP contribution >= 0.6 is 0 Å². The summed E-state index contributed by atoms with van der Waals surface area (Å²) in [6.45, 7) is 11.2. The van der Waals surface area contributed by atoms with Gasteiger partial charge in [-0.3, -0.25) is 4.90 Å². The molecule has 2 heterocycles. The van der Waals surface area contributed by atoms with Gasteiger partial charge in [0.25, 0.3) is 0 Å². The molecule has 0 radical (unpaired) electrons. The van der Waals surface area contributed by atoms with Gasteiger partial charge in [-0.15, -0.1) is 0 Å². The SMILES string of the molecule is CC(C)(C)OC(=O)N1CC[Si](C)(C)c2cc3c(cc21)OCO3. The number of carbonyl (C=O) groups excluding carboxylic acids is 1. The summed E-state index contributed by atoms with van der Waals surface area (Å²) in [6, 6.07) is 4.99. The normalized spacial score (nSPS) is 18.9. The lowest BCUT2D eigenvalue weighted by Gasteiger charge is -2.38. The van der Waals surface area contributed by atoms with E-state index < -0.39 is 13.7 Å². The van der Waals surface area contributed by atoms with E-state index >= 15 is 0 Å². The van der Waals surface area contributed by atoms with E-state index in [1.165, 1.54) is 5.19 Å². The lowest BCUT2D eigenvalue weighted by Crippen LogP contribution is -2.54. The molecule has 1 aromatic carbocycles. The molecular weight excluding hydrogens is 298 g/mol. The van der Waals surface area contributed by atoms with Gasteiger partial charge in [0.2, 0.25) is 6.79 Å². The van der Waals surface area contributed by atoms with Gasteiger partial charge in [-0.05, 0) is 38.1 Å². The molecule has 3 rings (SSSR count). The van der Waals surface area contributed by atoms with Gasteiger partial charge in [-0.2, -0.15) is 0 Å².